The van der Waals surface area contributed by atoms with E-state index < -0.39 is 0 Å². The normalized spacial score (nSPS) is 18.1. The molecule has 1 aromatic rings. The Hall–Kier alpha value is -0.960. The number of anilines is 1. The summed E-state index contributed by atoms with van der Waals surface area (Å²) >= 11 is 0. The second-order valence-corrected chi connectivity index (χ2v) is 4.43. The molecule has 1 fully saturated rings. The summed E-state index contributed by atoms with van der Waals surface area (Å²) in [6.07, 6.45) is 5.91. The summed E-state index contributed by atoms with van der Waals surface area (Å²) in [6, 6.07) is 2.18. The third kappa shape index (κ3) is 2.17. The Bertz CT molecular complexity index is 326. The second kappa shape index (κ2) is 4.27. The van der Waals surface area contributed by atoms with Crippen molar-refractivity contribution in [3.8, 4) is 0 Å². The molecule has 3 nitrogen and oxygen atoms in total. The fourth-order valence-electron chi connectivity index (χ4n) is 2.37. The maximum absolute atomic E-state index is 10.1. The lowest BCUT2D eigenvalue weighted by atomic mass is 9.95. The van der Waals surface area contributed by atoms with Gasteiger partial charge in [-0.1, -0.05) is 19.3 Å². The van der Waals surface area contributed by atoms with E-state index in [1.54, 1.807) is 0 Å². The number of rotatable bonds is 2. The first-order valence-electron chi connectivity index (χ1n) is 5.73. The molecular weight excluding hydrogens is 190 g/mol. The molecule has 0 aliphatic heterocycles. The summed E-state index contributed by atoms with van der Waals surface area (Å²) in [7, 11) is 0. The topological polar surface area (TPSA) is 36.6 Å². The quantitative estimate of drug-likeness (QED) is 0.758. The van der Waals surface area contributed by atoms with Gasteiger partial charge in [-0.15, -0.1) is 0 Å². The highest BCUT2D eigenvalue weighted by Gasteiger charge is 2.22. The fourth-order valence-corrected chi connectivity index (χ4v) is 2.37. The molecule has 0 spiro atoms. The molecule has 1 N–H and O–H groups in total. The molecular formula is C12H19NO2. The molecule has 0 amide bonds. The Labute approximate surface area is 90.6 Å². The fraction of sp³-hybridized carbons (Fsp3) is 0.667. The van der Waals surface area contributed by atoms with Gasteiger partial charge in [0.1, 0.15) is 17.2 Å². The number of hydroxylamine groups is 1. The highest BCUT2D eigenvalue weighted by atomic mass is 16.5. The predicted molar refractivity (Wildman–Crippen MR) is 59.3 cm³/mol. The molecule has 0 aromatic carbocycles. The van der Waals surface area contributed by atoms with Crippen LogP contribution in [-0.2, 0) is 0 Å². The molecule has 1 aliphatic rings. The van der Waals surface area contributed by atoms with Crippen molar-refractivity contribution < 1.29 is 9.62 Å². The average molecular weight is 209 g/mol. The first-order chi connectivity index (χ1) is 7.18. The third-order valence-electron chi connectivity index (χ3n) is 3.18. The number of aryl methyl sites for hydroxylation is 2. The lowest BCUT2D eigenvalue weighted by molar-refractivity contribution is 0.188. The van der Waals surface area contributed by atoms with Crippen LogP contribution in [0.5, 0.6) is 0 Å². The van der Waals surface area contributed by atoms with Crippen molar-refractivity contribution in [1.82, 2.24) is 0 Å². The molecule has 15 heavy (non-hydrogen) atoms. The van der Waals surface area contributed by atoms with Gasteiger partial charge in [0.25, 0.3) is 0 Å². The van der Waals surface area contributed by atoms with Crippen LogP contribution in [0, 0.1) is 13.8 Å². The molecule has 1 heterocycles. The lowest BCUT2D eigenvalue weighted by Crippen LogP contribution is -2.33. The van der Waals surface area contributed by atoms with E-state index >= 15 is 0 Å². The van der Waals surface area contributed by atoms with Crippen LogP contribution in [0.15, 0.2) is 10.5 Å². The van der Waals surface area contributed by atoms with Crippen molar-refractivity contribution in [2.75, 3.05) is 5.06 Å². The smallest absolute Gasteiger partial charge is 0.126 e. The minimum Gasteiger partial charge on any atom is -0.464 e. The molecule has 0 bridgehead atoms. The first kappa shape index (κ1) is 10.6. The van der Waals surface area contributed by atoms with E-state index in [0.29, 0.717) is 0 Å². The molecule has 0 unspecified atom stereocenters. The van der Waals surface area contributed by atoms with Crippen LogP contribution in [0.3, 0.4) is 0 Å². The van der Waals surface area contributed by atoms with E-state index in [9.17, 15) is 5.21 Å². The van der Waals surface area contributed by atoms with Crippen LogP contribution in [0.2, 0.25) is 0 Å². The Morgan fingerprint density at radius 2 is 1.93 bits per heavy atom. The summed E-state index contributed by atoms with van der Waals surface area (Å²) < 4.78 is 5.42. The van der Waals surface area contributed by atoms with E-state index in [4.69, 9.17) is 4.42 Å². The summed E-state index contributed by atoms with van der Waals surface area (Å²) in [5.74, 6) is 1.66. The number of furan rings is 1. The number of nitrogens with zero attached hydrogens (tertiary/aromatic N) is 1. The largest absolute Gasteiger partial charge is 0.464 e. The van der Waals surface area contributed by atoms with E-state index in [1.807, 2.05) is 19.9 Å². The van der Waals surface area contributed by atoms with Crippen LogP contribution >= 0.6 is 0 Å². The van der Waals surface area contributed by atoms with Crippen LogP contribution in [-0.4, -0.2) is 11.2 Å². The van der Waals surface area contributed by atoms with Gasteiger partial charge in [0.2, 0.25) is 0 Å². The molecule has 84 valence electrons. The van der Waals surface area contributed by atoms with Gasteiger partial charge in [-0.2, -0.15) is 0 Å². The van der Waals surface area contributed by atoms with Gasteiger partial charge < -0.3 is 4.42 Å². The molecule has 1 aliphatic carbocycles. The van der Waals surface area contributed by atoms with E-state index in [-0.39, 0.29) is 6.04 Å². The van der Waals surface area contributed by atoms with Crippen molar-refractivity contribution in [2.24, 2.45) is 0 Å². The molecule has 3 heteroatoms. The van der Waals surface area contributed by atoms with Gasteiger partial charge in [-0.3, -0.25) is 10.3 Å². The third-order valence-corrected chi connectivity index (χ3v) is 3.18. The summed E-state index contributed by atoms with van der Waals surface area (Å²) in [5, 5.41) is 11.5. The minimum absolute atomic E-state index is 0.273. The Kier molecular flexibility index (Phi) is 3.00. The van der Waals surface area contributed by atoms with E-state index in [0.717, 1.165) is 30.0 Å². The van der Waals surface area contributed by atoms with Gasteiger partial charge in [-0.05, 0) is 26.7 Å². The van der Waals surface area contributed by atoms with E-state index in [2.05, 4.69) is 0 Å². The second-order valence-electron chi connectivity index (χ2n) is 4.43. The van der Waals surface area contributed by atoms with Crippen LogP contribution in [0.1, 0.15) is 43.6 Å². The number of hydrogen-bond donors (Lipinski definition) is 1. The summed E-state index contributed by atoms with van der Waals surface area (Å²) in [5.41, 5.74) is 0.833. The molecule has 0 radical (unpaired) electrons. The van der Waals surface area contributed by atoms with Gasteiger partial charge in [0.05, 0.1) is 6.04 Å². The van der Waals surface area contributed by atoms with Crippen molar-refractivity contribution >= 4 is 5.69 Å². The van der Waals surface area contributed by atoms with Crippen LogP contribution in [0.25, 0.3) is 0 Å². The maximum atomic E-state index is 10.1. The maximum Gasteiger partial charge on any atom is 0.126 e. The van der Waals surface area contributed by atoms with Gasteiger partial charge in [-0.25, -0.2) is 0 Å². The Balaban J connectivity index is 2.12. The van der Waals surface area contributed by atoms with E-state index in [1.165, 1.54) is 24.3 Å². The highest BCUT2D eigenvalue weighted by Crippen LogP contribution is 2.29. The SMILES string of the molecule is Cc1cc(N(O)C2CCCCC2)c(C)o1. The van der Waals surface area contributed by atoms with Gasteiger partial charge >= 0.3 is 0 Å². The van der Waals surface area contributed by atoms with Crippen molar-refractivity contribution in [2.45, 2.75) is 52.0 Å². The summed E-state index contributed by atoms with van der Waals surface area (Å²) in [6.45, 7) is 3.81. The Morgan fingerprint density at radius 3 is 2.47 bits per heavy atom. The van der Waals surface area contributed by atoms with Crippen molar-refractivity contribution in [3.05, 3.63) is 17.6 Å². The standard InChI is InChI=1S/C12H19NO2/c1-9-8-12(10(2)15-9)13(14)11-6-4-3-5-7-11/h8,11,14H,3-7H2,1-2H3. The zero-order valence-electron chi connectivity index (χ0n) is 9.49. The Morgan fingerprint density at radius 1 is 1.27 bits per heavy atom. The summed E-state index contributed by atoms with van der Waals surface area (Å²) in [4.78, 5) is 0. The van der Waals surface area contributed by atoms with Crippen molar-refractivity contribution in [3.63, 3.8) is 0 Å². The van der Waals surface area contributed by atoms with Crippen molar-refractivity contribution in [1.29, 1.82) is 0 Å². The molecule has 0 saturated heterocycles. The van der Waals surface area contributed by atoms with Crippen LogP contribution in [0.4, 0.5) is 5.69 Å². The average Bonchev–Trinajstić information content (AvgIpc) is 2.58. The monoisotopic (exact) mass is 209 g/mol. The molecule has 2 rings (SSSR count). The lowest BCUT2D eigenvalue weighted by Gasteiger charge is -2.30. The van der Waals surface area contributed by atoms with Gasteiger partial charge in [0, 0.05) is 6.07 Å². The highest BCUT2D eigenvalue weighted by molar-refractivity contribution is 5.48. The van der Waals surface area contributed by atoms with Gasteiger partial charge in [0.15, 0.2) is 0 Å². The number of hydrogen-bond acceptors (Lipinski definition) is 3. The zero-order chi connectivity index (χ0) is 10.8. The molecule has 1 aromatic heterocycles. The predicted octanol–water partition coefficient (Wildman–Crippen LogP) is 3.42. The molecule has 1 saturated carbocycles. The van der Waals surface area contributed by atoms with Crippen LogP contribution < -0.4 is 5.06 Å². The minimum atomic E-state index is 0.273. The first-order valence-corrected chi connectivity index (χ1v) is 5.73. The zero-order valence-corrected chi connectivity index (χ0v) is 9.49. The molecule has 0 atom stereocenters.